The standard InChI is InChI=1S/C13H13NO2/c1-16-9-10-4-6-11(7-5-10)13(15)12-3-2-8-14-12/h2-8,14H,9H2,1H3. The van der Waals surface area contributed by atoms with Gasteiger partial charge in [-0.15, -0.1) is 0 Å². The zero-order valence-electron chi connectivity index (χ0n) is 9.07. The van der Waals surface area contributed by atoms with Gasteiger partial charge in [-0.3, -0.25) is 4.79 Å². The van der Waals surface area contributed by atoms with Crippen molar-refractivity contribution in [1.29, 1.82) is 0 Å². The topological polar surface area (TPSA) is 42.1 Å². The Morgan fingerprint density at radius 2 is 2.00 bits per heavy atom. The first-order valence-electron chi connectivity index (χ1n) is 5.07. The van der Waals surface area contributed by atoms with Gasteiger partial charge in [-0.05, 0) is 17.7 Å². The van der Waals surface area contributed by atoms with E-state index in [4.69, 9.17) is 4.74 Å². The van der Waals surface area contributed by atoms with Crippen LogP contribution in [-0.4, -0.2) is 17.9 Å². The van der Waals surface area contributed by atoms with Crippen LogP contribution in [0.1, 0.15) is 21.6 Å². The summed E-state index contributed by atoms with van der Waals surface area (Å²) in [6.45, 7) is 0.566. The minimum atomic E-state index is 0.00830. The monoisotopic (exact) mass is 215 g/mol. The summed E-state index contributed by atoms with van der Waals surface area (Å²) in [6, 6.07) is 11.0. The van der Waals surface area contributed by atoms with Gasteiger partial charge in [0, 0.05) is 18.9 Å². The van der Waals surface area contributed by atoms with Crippen molar-refractivity contribution in [2.45, 2.75) is 6.61 Å². The maximum atomic E-state index is 11.9. The zero-order valence-corrected chi connectivity index (χ0v) is 9.07. The molecular formula is C13H13NO2. The fraction of sp³-hybridized carbons (Fsp3) is 0.154. The molecule has 3 heteroatoms. The predicted octanol–water partition coefficient (Wildman–Crippen LogP) is 2.39. The van der Waals surface area contributed by atoms with Crippen LogP contribution in [0.25, 0.3) is 0 Å². The van der Waals surface area contributed by atoms with Crippen molar-refractivity contribution in [2.24, 2.45) is 0 Å². The maximum absolute atomic E-state index is 11.9. The Hall–Kier alpha value is -1.87. The molecule has 82 valence electrons. The van der Waals surface area contributed by atoms with Crippen molar-refractivity contribution in [3.63, 3.8) is 0 Å². The lowest BCUT2D eigenvalue weighted by atomic mass is 10.1. The molecule has 0 fully saturated rings. The Morgan fingerprint density at radius 1 is 1.25 bits per heavy atom. The number of rotatable bonds is 4. The number of hydrogen-bond acceptors (Lipinski definition) is 2. The molecular weight excluding hydrogens is 202 g/mol. The number of benzene rings is 1. The average Bonchev–Trinajstić information content (AvgIpc) is 2.83. The summed E-state index contributed by atoms with van der Waals surface area (Å²) in [4.78, 5) is 14.8. The number of carbonyl (C=O) groups is 1. The molecule has 0 aliphatic heterocycles. The molecule has 0 amide bonds. The molecule has 0 saturated heterocycles. The number of aromatic amines is 1. The average molecular weight is 215 g/mol. The predicted molar refractivity (Wildman–Crippen MR) is 61.4 cm³/mol. The van der Waals surface area contributed by atoms with Gasteiger partial charge in [-0.2, -0.15) is 0 Å². The molecule has 0 saturated carbocycles. The third kappa shape index (κ3) is 2.20. The van der Waals surface area contributed by atoms with Gasteiger partial charge in [0.2, 0.25) is 5.78 Å². The van der Waals surface area contributed by atoms with Crippen molar-refractivity contribution in [2.75, 3.05) is 7.11 Å². The second-order valence-electron chi connectivity index (χ2n) is 3.54. The SMILES string of the molecule is COCc1ccc(C(=O)c2ccc[nH]2)cc1. The summed E-state index contributed by atoms with van der Waals surface area (Å²) in [7, 11) is 1.65. The number of aromatic nitrogens is 1. The van der Waals surface area contributed by atoms with Crippen molar-refractivity contribution in [1.82, 2.24) is 4.98 Å². The number of ether oxygens (including phenoxy) is 1. The summed E-state index contributed by atoms with van der Waals surface area (Å²) in [5.74, 6) is 0.00830. The van der Waals surface area contributed by atoms with E-state index in [1.807, 2.05) is 30.3 Å². The first kappa shape index (κ1) is 10.6. The molecule has 0 aliphatic carbocycles. The lowest BCUT2D eigenvalue weighted by molar-refractivity contribution is 0.103. The second kappa shape index (κ2) is 4.77. The van der Waals surface area contributed by atoms with Crippen LogP contribution < -0.4 is 0 Å². The Kier molecular flexibility index (Phi) is 3.17. The summed E-state index contributed by atoms with van der Waals surface area (Å²) in [5, 5.41) is 0. The van der Waals surface area contributed by atoms with Crippen LogP contribution in [0.15, 0.2) is 42.6 Å². The minimum Gasteiger partial charge on any atom is -0.380 e. The number of H-pyrrole nitrogens is 1. The molecule has 0 unspecified atom stereocenters. The number of hydrogen-bond donors (Lipinski definition) is 1. The van der Waals surface area contributed by atoms with Crippen LogP contribution in [-0.2, 0) is 11.3 Å². The Morgan fingerprint density at radius 3 is 2.56 bits per heavy atom. The van der Waals surface area contributed by atoms with E-state index in [0.717, 1.165) is 5.56 Å². The summed E-state index contributed by atoms with van der Waals surface area (Å²) < 4.78 is 5.01. The van der Waals surface area contributed by atoms with Gasteiger partial charge in [0.1, 0.15) is 0 Å². The molecule has 1 N–H and O–H groups in total. The van der Waals surface area contributed by atoms with Gasteiger partial charge in [0.25, 0.3) is 0 Å². The van der Waals surface area contributed by atoms with E-state index in [-0.39, 0.29) is 5.78 Å². The normalized spacial score (nSPS) is 10.3. The smallest absolute Gasteiger partial charge is 0.209 e. The highest BCUT2D eigenvalue weighted by atomic mass is 16.5. The lowest BCUT2D eigenvalue weighted by Crippen LogP contribution is -2.01. The highest BCUT2D eigenvalue weighted by molar-refractivity contribution is 6.07. The minimum absolute atomic E-state index is 0.00830. The maximum Gasteiger partial charge on any atom is 0.209 e. The van der Waals surface area contributed by atoms with Gasteiger partial charge in [-0.25, -0.2) is 0 Å². The molecule has 2 rings (SSSR count). The zero-order chi connectivity index (χ0) is 11.4. The number of ketones is 1. The third-order valence-corrected chi connectivity index (χ3v) is 2.37. The Bertz CT molecular complexity index is 457. The first-order valence-corrected chi connectivity index (χ1v) is 5.07. The largest absolute Gasteiger partial charge is 0.380 e. The lowest BCUT2D eigenvalue weighted by Gasteiger charge is -2.01. The van der Waals surface area contributed by atoms with E-state index in [2.05, 4.69) is 4.98 Å². The highest BCUT2D eigenvalue weighted by Crippen LogP contribution is 2.10. The van der Waals surface area contributed by atoms with E-state index in [9.17, 15) is 4.79 Å². The first-order chi connectivity index (χ1) is 7.81. The van der Waals surface area contributed by atoms with E-state index in [1.54, 1.807) is 19.4 Å². The molecule has 3 nitrogen and oxygen atoms in total. The van der Waals surface area contributed by atoms with Gasteiger partial charge in [0.15, 0.2) is 0 Å². The molecule has 2 aromatic rings. The fourth-order valence-corrected chi connectivity index (χ4v) is 1.55. The van der Waals surface area contributed by atoms with Gasteiger partial charge < -0.3 is 9.72 Å². The second-order valence-corrected chi connectivity index (χ2v) is 3.54. The fourth-order valence-electron chi connectivity index (χ4n) is 1.55. The third-order valence-electron chi connectivity index (χ3n) is 2.37. The molecule has 16 heavy (non-hydrogen) atoms. The molecule has 1 aromatic heterocycles. The molecule has 0 radical (unpaired) electrons. The summed E-state index contributed by atoms with van der Waals surface area (Å²) in [6.07, 6.45) is 1.74. The molecule has 0 atom stereocenters. The molecule has 1 heterocycles. The summed E-state index contributed by atoms with van der Waals surface area (Å²) >= 11 is 0. The van der Waals surface area contributed by atoms with Crippen molar-refractivity contribution in [3.05, 3.63) is 59.4 Å². The van der Waals surface area contributed by atoms with Crippen molar-refractivity contribution >= 4 is 5.78 Å². The molecule has 0 aliphatic rings. The quantitative estimate of drug-likeness (QED) is 0.796. The molecule has 0 bridgehead atoms. The van der Waals surface area contributed by atoms with Crippen LogP contribution in [0.5, 0.6) is 0 Å². The van der Waals surface area contributed by atoms with Crippen LogP contribution in [0.2, 0.25) is 0 Å². The van der Waals surface area contributed by atoms with E-state index < -0.39 is 0 Å². The van der Waals surface area contributed by atoms with Crippen LogP contribution in [0.4, 0.5) is 0 Å². The van der Waals surface area contributed by atoms with E-state index >= 15 is 0 Å². The number of nitrogens with one attached hydrogen (secondary N) is 1. The van der Waals surface area contributed by atoms with Gasteiger partial charge >= 0.3 is 0 Å². The highest BCUT2D eigenvalue weighted by Gasteiger charge is 2.08. The number of methoxy groups -OCH3 is 1. The van der Waals surface area contributed by atoms with Crippen LogP contribution in [0, 0.1) is 0 Å². The Labute approximate surface area is 94.1 Å². The molecule has 1 aromatic carbocycles. The van der Waals surface area contributed by atoms with Gasteiger partial charge in [-0.1, -0.05) is 24.3 Å². The van der Waals surface area contributed by atoms with E-state index in [0.29, 0.717) is 17.9 Å². The van der Waals surface area contributed by atoms with Crippen LogP contribution in [0.3, 0.4) is 0 Å². The number of carbonyl (C=O) groups excluding carboxylic acids is 1. The Balaban J connectivity index is 2.19. The van der Waals surface area contributed by atoms with Crippen molar-refractivity contribution in [3.8, 4) is 0 Å². The summed E-state index contributed by atoms with van der Waals surface area (Å²) in [5.41, 5.74) is 2.35. The van der Waals surface area contributed by atoms with E-state index in [1.165, 1.54) is 0 Å². The molecule has 0 spiro atoms. The van der Waals surface area contributed by atoms with Crippen LogP contribution >= 0.6 is 0 Å². The van der Waals surface area contributed by atoms with Crippen molar-refractivity contribution < 1.29 is 9.53 Å². The van der Waals surface area contributed by atoms with Gasteiger partial charge in [0.05, 0.1) is 12.3 Å².